The van der Waals surface area contributed by atoms with Crippen LogP contribution in [-0.2, 0) is 19.9 Å². The molecule has 2 heterocycles. The van der Waals surface area contributed by atoms with E-state index in [0.717, 1.165) is 40.0 Å². The van der Waals surface area contributed by atoms with Gasteiger partial charge in [-0.05, 0) is 40.9 Å². The SMILES string of the molecule is CCc1nn(C)c(CC(N)c2ccc(C)nc2)c1Br. The zero-order valence-corrected chi connectivity index (χ0v) is 13.1. The molecule has 2 rings (SSSR count). The van der Waals surface area contributed by atoms with Crippen LogP contribution in [0, 0.1) is 6.92 Å². The summed E-state index contributed by atoms with van der Waals surface area (Å²) in [6.07, 6.45) is 3.51. The number of halogens is 1. The van der Waals surface area contributed by atoms with Gasteiger partial charge in [0.15, 0.2) is 0 Å². The quantitative estimate of drug-likeness (QED) is 0.941. The minimum Gasteiger partial charge on any atom is -0.324 e. The van der Waals surface area contributed by atoms with Crippen LogP contribution in [0.1, 0.15) is 35.6 Å². The molecule has 1 unspecified atom stereocenters. The largest absolute Gasteiger partial charge is 0.324 e. The first-order valence-electron chi connectivity index (χ1n) is 6.41. The number of nitrogens with zero attached hydrogens (tertiary/aromatic N) is 3. The molecule has 0 aliphatic carbocycles. The first-order valence-corrected chi connectivity index (χ1v) is 7.20. The lowest BCUT2D eigenvalue weighted by molar-refractivity contribution is 0.635. The third-order valence-electron chi connectivity index (χ3n) is 3.28. The Morgan fingerprint density at radius 3 is 2.68 bits per heavy atom. The summed E-state index contributed by atoms with van der Waals surface area (Å²) in [5.41, 5.74) is 10.5. The number of hydrogen-bond acceptors (Lipinski definition) is 3. The lowest BCUT2D eigenvalue weighted by Gasteiger charge is -2.12. The van der Waals surface area contributed by atoms with Crippen molar-refractivity contribution in [1.29, 1.82) is 0 Å². The van der Waals surface area contributed by atoms with Crippen molar-refractivity contribution < 1.29 is 0 Å². The summed E-state index contributed by atoms with van der Waals surface area (Å²) >= 11 is 3.62. The van der Waals surface area contributed by atoms with Gasteiger partial charge in [-0.2, -0.15) is 5.10 Å². The molecule has 19 heavy (non-hydrogen) atoms. The fraction of sp³-hybridized carbons (Fsp3) is 0.429. The fourth-order valence-electron chi connectivity index (χ4n) is 2.07. The zero-order chi connectivity index (χ0) is 14.0. The van der Waals surface area contributed by atoms with E-state index in [-0.39, 0.29) is 6.04 Å². The van der Waals surface area contributed by atoms with Crippen molar-refractivity contribution in [1.82, 2.24) is 14.8 Å². The van der Waals surface area contributed by atoms with Crippen molar-refractivity contribution in [3.63, 3.8) is 0 Å². The number of rotatable bonds is 4. The molecule has 4 nitrogen and oxygen atoms in total. The highest BCUT2D eigenvalue weighted by Crippen LogP contribution is 2.25. The first-order chi connectivity index (χ1) is 9.02. The Morgan fingerprint density at radius 2 is 2.16 bits per heavy atom. The molecular formula is C14H19BrN4. The Labute approximate surface area is 122 Å². The predicted octanol–water partition coefficient (Wildman–Crippen LogP) is 2.69. The number of pyridine rings is 1. The van der Waals surface area contributed by atoms with Crippen LogP contribution in [0.15, 0.2) is 22.8 Å². The maximum atomic E-state index is 6.26. The molecule has 0 aromatic carbocycles. The third-order valence-corrected chi connectivity index (χ3v) is 4.19. The van der Waals surface area contributed by atoms with Gasteiger partial charge in [0.25, 0.3) is 0 Å². The van der Waals surface area contributed by atoms with Crippen molar-refractivity contribution in [2.24, 2.45) is 12.8 Å². The van der Waals surface area contributed by atoms with Crippen molar-refractivity contribution in [3.8, 4) is 0 Å². The second kappa shape index (κ2) is 5.84. The van der Waals surface area contributed by atoms with Crippen LogP contribution in [-0.4, -0.2) is 14.8 Å². The molecule has 0 bridgehead atoms. The smallest absolute Gasteiger partial charge is 0.0766 e. The predicted molar refractivity (Wildman–Crippen MR) is 79.9 cm³/mol. The van der Waals surface area contributed by atoms with Gasteiger partial charge in [0.1, 0.15) is 0 Å². The topological polar surface area (TPSA) is 56.7 Å². The molecule has 1 atom stereocenters. The van der Waals surface area contributed by atoms with Gasteiger partial charge in [-0.1, -0.05) is 13.0 Å². The molecule has 2 N–H and O–H groups in total. The molecule has 102 valence electrons. The van der Waals surface area contributed by atoms with Gasteiger partial charge in [-0.25, -0.2) is 0 Å². The summed E-state index contributed by atoms with van der Waals surface area (Å²) in [4.78, 5) is 4.29. The average molecular weight is 323 g/mol. The van der Waals surface area contributed by atoms with E-state index in [9.17, 15) is 0 Å². The minimum absolute atomic E-state index is 0.0653. The number of hydrogen-bond donors (Lipinski definition) is 1. The molecule has 0 saturated heterocycles. The monoisotopic (exact) mass is 322 g/mol. The van der Waals surface area contributed by atoms with Crippen LogP contribution in [0.4, 0.5) is 0 Å². The van der Waals surface area contributed by atoms with Gasteiger partial charge in [-0.15, -0.1) is 0 Å². The van der Waals surface area contributed by atoms with Crippen LogP contribution in [0.3, 0.4) is 0 Å². The van der Waals surface area contributed by atoms with E-state index in [1.165, 1.54) is 0 Å². The van der Waals surface area contributed by atoms with Crippen molar-refractivity contribution in [2.45, 2.75) is 32.7 Å². The Bertz CT molecular complexity index is 560. The van der Waals surface area contributed by atoms with Crippen molar-refractivity contribution in [3.05, 3.63) is 45.4 Å². The van der Waals surface area contributed by atoms with E-state index in [1.807, 2.05) is 37.0 Å². The number of aromatic nitrogens is 3. The Morgan fingerprint density at radius 1 is 1.42 bits per heavy atom. The van der Waals surface area contributed by atoms with E-state index < -0.39 is 0 Å². The molecule has 0 spiro atoms. The number of nitrogens with two attached hydrogens (primary N) is 1. The van der Waals surface area contributed by atoms with E-state index in [0.29, 0.717) is 0 Å². The molecule has 0 fully saturated rings. The maximum Gasteiger partial charge on any atom is 0.0766 e. The highest BCUT2D eigenvalue weighted by atomic mass is 79.9. The summed E-state index contributed by atoms with van der Waals surface area (Å²) in [5.74, 6) is 0. The molecule has 0 radical (unpaired) electrons. The molecule has 0 saturated carbocycles. The normalized spacial score (nSPS) is 12.7. The summed E-state index contributed by atoms with van der Waals surface area (Å²) in [7, 11) is 1.96. The molecule has 2 aromatic heterocycles. The van der Waals surface area contributed by atoms with Crippen LogP contribution in [0.25, 0.3) is 0 Å². The van der Waals surface area contributed by atoms with Gasteiger partial charge in [0.05, 0.1) is 15.9 Å². The fourth-order valence-corrected chi connectivity index (χ4v) is 2.84. The Balaban J connectivity index is 2.21. The summed E-state index contributed by atoms with van der Waals surface area (Å²) < 4.78 is 2.98. The summed E-state index contributed by atoms with van der Waals surface area (Å²) in [5, 5.41) is 4.49. The molecule has 0 aliphatic heterocycles. The van der Waals surface area contributed by atoms with Crippen LogP contribution < -0.4 is 5.73 Å². The standard InChI is InChI=1S/C14H19BrN4/c1-4-12-14(15)13(19(3)18-12)7-11(16)10-6-5-9(2)17-8-10/h5-6,8,11H,4,7,16H2,1-3H3. The second-order valence-corrected chi connectivity index (χ2v) is 5.52. The van der Waals surface area contributed by atoms with Gasteiger partial charge in [-0.3, -0.25) is 9.67 Å². The van der Waals surface area contributed by atoms with Crippen LogP contribution >= 0.6 is 15.9 Å². The molecule has 5 heteroatoms. The maximum absolute atomic E-state index is 6.26. The lowest BCUT2D eigenvalue weighted by atomic mass is 10.0. The van der Waals surface area contributed by atoms with E-state index in [1.54, 1.807) is 0 Å². The molecular weight excluding hydrogens is 304 g/mol. The Hall–Kier alpha value is -1.20. The van der Waals surface area contributed by atoms with Crippen molar-refractivity contribution in [2.75, 3.05) is 0 Å². The highest BCUT2D eigenvalue weighted by Gasteiger charge is 2.16. The lowest BCUT2D eigenvalue weighted by Crippen LogP contribution is -2.16. The van der Waals surface area contributed by atoms with Crippen LogP contribution in [0.2, 0.25) is 0 Å². The van der Waals surface area contributed by atoms with Gasteiger partial charge >= 0.3 is 0 Å². The highest BCUT2D eigenvalue weighted by molar-refractivity contribution is 9.10. The molecule has 2 aromatic rings. The number of aryl methyl sites for hydroxylation is 3. The van der Waals surface area contributed by atoms with Gasteiger partial charge in [0, 0.05) is 31.4 Å². The first kappa shape index (κ1) is 14.2. The summed E-state index contributed by atoms with van der Waals surface area (Å²) in [6.45, 7) is 4.07. The molecule has 0 amide bonds. The van der Waals surface area contributed by atoms with E-state index >= 15 is 0 Å². The Kier molecular flexibility index (Phi) is 4.37. The average Bonchev–Trinajstić information content (AvgIpc) is 2.67. The van der Waals surface area contributed by atoms with E-state index in [2.05, 4.69) is 32.9 Å². The van der Waals surface area contributed by atoms with Gasteiger partial charge < -0.3 is 5.73 Å². The minimum atomic E-state index is -0.0653. The van der Waals surface area contributed by atoms with Gasteiger partial charge in [0.2, 0.25) is 0 Å². The zero-order valence-electron chi connectivity index (χ0n) is 11.5. The third kappa shape index (κ3) is 3.04. The van der Waals surface area contributed by atoms with E-state index in [4.69, 9.17) is 5.73 Å². The summed E-state index contributed by atoms with van der Waals surface area (Å²) in [6, 6.07) is 3.97. The second-order valence-electron chi connectivity index (χ2n) is 4.73. The molecule has 0 aliphatic rings. The van der Waals surface area contributed by atoms with Crippen molar-refractivity contribution >= 4 is 15.9 Å². The van der Waals surface area contributed by atoms with Crippen LogP contribution in [0.5, 0.6) is 0 Å².